The predicted octanol–water partition coefficient (Wildman–Crippen LogP) is 4.48. The third-order valence-electron chi connectivity index (χ3n) is 4.04. The van der Waals surface area contributed by atoms with Crippen LogP contribution in [0.4, 0.5) is 0 Å². The molecule has 0 saturated heterocycles. The molecule has 1 amide bonds. The van der Waals surface area contributed by atoms with E-state index in [-0.39, 0.29) is 5.91 Å². The van der Waals surface area contributed by atoms with Crippen molar-refractivity contribution in [3.63, 3.8) is 0 Å². The van der Waals surface area contributed by atoms with Crippen molar-refractivity contribution in [1.82, 2.24) is 4.90 Å². The van der Waals surface area contributed by atoms with Crippen LogP contribution in [0.25, 0.3) is 21.5 Å². The summed E-state index contributed by atoms with van der Waals surface area (Å²) in [7, 11) is 0. The minimum absolute atomic E-state index is 0.106. The molecule has 3 aromatic carbocycles. The van der Waals surface area contributed by atoms with Crippen LogP contribution in [0.1, 0.15) is 24.2 Å². The van der Waals surface area contributed by atoms with Gasteiger partial charge in [0.1, 0.15) is 0 Å². The largest absolute Gasteiger partial charge is 0.339 e. The van der Waals surface area contributed by atoms with E-state index < -0.39 is 0 Å². The highest BCUT2D eigenvalue weighted by Crippen LogP contribution is 2.26. The zero-order valence-electron chi connectivity index (χ0n) is 12.5. The van der Waals surface area contributed by atoms with Crippen molar-refractivity contribution >= 4 is 27.5 Å². The number of carbonyl (C=O) groups excluding carboxylic acids is 1. The molecule has 0 aliphatic rings. The normalized spacial score (nSPS) is 11.0. The fourth-order valence-electron chi connectivity index (χ4n) is 2.83. The molecule has 0 aromatic heterocycles. The van der Waals surface area contributed by atoms with Gasteiger partial charge in [-0.15, -0.1) is 0 Å². The fourth-order valence-corrected chi connectivity index (χ4v) is 2.83. The summed E-state index contributed by atoms with van der Waals surface area (Å²) in [6, 6.07) is 18.5. The summed E-state index contributed by atoms with van der Waals surface area (Å²) in [5, 5.41) is 4.72. The van der Waals surface area contributed by atoms with Gasteiger partial charge in [0.2, 0.25) is 0 Å². The molecule has 0 heterocycles. The van der Waals surface area contributed by atoms with Crippen molar-refractivity contribution in [1.29, 1.82) is 0 Å². The van der Waals surface area contributed by atoms with Crippen molar-refractivity contribution < 1.29 is 4.79 Å². The summed E-state index contributed by atoms with van der Waals surface area (Å²) in [6.07, 6.45) is 0. The summed E-state index contributed by atoms with van der Waals surface area (Å²) in [6.45, 7) is 5.50. The van der Waals surface area contributed by atoms with Crippen LogP contribution in [0.2, 0.25) is 0 Å². The molecule has 0 bridgehead atoms. The molecular formula is C19H19NO. The second-order valence-corrected chi connectivity index (χ2v) is 5.20. The Morgan fingerprint density at radius 1 is 0.857 bits per heavy atom. The van der Waals surface area contributed by atoms with E-state index in [0.717, 1.165) is 24.0 Å². The second-order valence-electron chi connectivity index (χ2n) is 5.20. The summed E-state index contributed by atoms with van der Waals surface area (Å²) in [5.74, 6) is 0.106. The van der Waals surface area contributed by atoms with Crippen LogP contribution in [-0.4, -0.2) is 23.9 Å². The van der Waals surface area contributed by atoms with Crippen molar-refractivity contribution in [2.75, 3.05) is 13.1 Å². The van der Waals surface area contributed by atoms with E-state index in [1.54, 1.807) is 0 Å². The van der Waals surface area contributed by atoms with E-state index in [4.69, 9.17) is 0 Å². The maximum Gasteiger partial charge on any atom is 0.253 e. The molecule has 2 nitrogen and oxygen atoms in total. The van der Waals surface area contributed by atoms with Gasteiger partial charge in [-0.05, 0) is 47.5 Å². The molecule has 0 aliphatic carbocycles. The number of benzene rings is 3. The van der Waals surface area contributed by atoms with Crippen molar-refractivity contribution in [2.45, 2.75) is 13.8 Å². The lowest BCUT2D eigenvalue weighted by atomic mass is 9.99. The molecule has 3 aromatic rings. The molecule has 3 rings (SSSR count). The molecule has 106 valence electrons. The number of fused-ring (bicyclic) bond motifs is 3. The van der Waals surface area contributed by atoms with E-state index in [1.165, 1.54) is 16.2 Å². The Hall–Kier alpha value is -2.35. The number of rotatable bonds is 3. The van der Waals surface area contributed by atoms with Crippen LogP contribution in [0.5, 0.6) is 0 Å². The molecule has 0 radical (unpaired) electrons. The first-order valence-electron chi connectivity index (χ1n) is 7.45. The van der Waals surface area contributed by atoms with Crippen LogP contribution in [-0.2, 0) is 0 Å². The zero-order valence-corrected chi connectivity index (χ0v) is 12.5. The van der Waals surface area contributed by atoms with Crippen LogP contribution in [0.15, 0.2) is 54.6 Å². The molecular weight excluding hydrogens is 258 g/mol. The third kappa shape index (κ3) is 2.38. The Labute approximate surface area is 125 Å². The lowest BCUT2D eigenvalue weighted by Gasteiger charge is -2.19. The van der Waals surface area contributed by atoms with Gasteiger partial charge >= 0.3 is 0 Å². The lowest BCUT2D eigenvalue weighted by molar-refractivity contribution is 0.0773. The van der Waals surface area contributed by atoms with Crippen LogP contribution in [0, 0.1) is 0 Å². The van der Waals surface area contributed by atoms with E-state index in [0.29, 0.717) is 0 Å². The van der Waals surface area contributed by atoms with E-state index in [1.807, 2.05) is 49.1 Å². The van der Waals surface area contributed by atoms with Crippen molar-refractivity contribution in [3.05, 3.63) is 60.2 Å². The average molecular weight is 277 g/mol. The maximum absolute atomic E-state index is 12.5. The number of hydrogen-bond donors (Lipinski definition) is 0. The van der Waals surface area contributed by atoms with Gasteiger partial charge in [-0.25, -0.2) is 0 Å². The number of carbonyl (C=O) groups is 1. The molecule has 0 aliphatic heterocycles. The lowest BCUT2D eigenvalue weighted by Crippen LogP contribution is -2.30. The smallest absolute Gasteiger partial charge is 0.253 e. The van der Waals surface area contributed by atoms with Crippen LogP contribution in [0.3, 0.4) is 0 Å². The molecule has 0 saturated carbocycles. The van der Waals surface area contributed by atoms with Gasteiger partial charge in [-0.2, -0.15) is 0 Å². The molecule has 2 heteroatoms. The van der Waals surface area contributed by atoms with Crippen LogP contribution >= 0.6 is 0 Å². The van der Waals surface area contributed by atoms with Crippen molar-refractivity contribution in [2.24, 2.45) is 0 Å². The van der Waals surface area contributed by atoms with Gasteiger partial charge < -0.3 is 4.90 Å². The summed E-state index contributed by atoms with van der Waals surface area (Å²) in [4.78, 5) is 14.4. The topological polar surface area (TPSA) is 20.3 Å². The predicted molar refractivity (Wildman–Crippen MR) is 88.7 cm³/mol. The highest BCUT2D eigenvalue weighted by atomic mass is 16.2. The first kappa shape index (κ1) is 13.6. The van der Waals surface area contributed by atoms with Gasteiger partial charge in [0.05, 0.1) is 0 Å². The Bertz CT molecular complexity index is 803. The third-order valence-corrected chi connectivity index (χ3v) is 4.04. The monoisotopic (exact) mass is 277 g/mol. The van der Waals surface area contributed by atoms with E-state index >= 15 is 0 Å². The first-order valence-corrected chi connectivity index (χ1v) is 7.45. The second kappa shape index (κ2) is 5.57. The zero-order chi connectivity index (χ0) is 14.8. The minimum atomic E-state index is 0.106. The minimum Gasteiger partial charge on any atom is -0.339 e. The molecule has 21 heavy (non-hydrogen) atoms. The average Bonchev–Trinajstić information content (AvgIpc) is 2.55. The Kier molecular flexibility index (Phi) is 3.61. The van der Waals surface area contributed by atoms with Gasteiger partial charge in [-0.1, -0.05) is 42.5 Å². The Morgan fingerprint density at radius 3 is 2.19 bits per heavy atom. The number of hydrogen-bond acceptors (Lipinski definition) is 1. The van der Waals surface area contributed by atoms with Gasteiger partial charge in [0, 0.05) is 18.7 Å². The van der Waals surface area contributed by atoms with E-state index in [9.17, 15) is 4.79 Å². The van der Waals surface area contributed by atoms with Crippen LogP contribution < -0.4 is 0 Å². The maximum atomic E-state index is 12.5. The highest BCUT2D eigenvalue weighted by Gasteiger charge is 2.13. The van der Waals surface area contributed by atoms with Gasteiger partial charge in [0.25, 0.3) is 5.91 Å². The fraction of sp³-hybridized carbons (Fsp3) is 0.211. The molecule has 0 unspecified atom stereocenters. The first-order chi connectivity index (χ1) is 10.2. The summed E-state index contributed by atoms with van der Waals surface area (Å²) >= 11 is 0. The van der Waals surface area contributed by atoms with Crippen molar-refractivity contribution in [3.8, 4) is 0 Å². The summed E-state index contributed by atoms with van der Waals surface area (Å²) in [5.41, 5.74) is 0.766. The highest BCUT2D eigenvalue weighted by molar-refractivity contribution is 6.10. The quantitative estimate of drug-likeness (QED) is 0.647. The number of nitrogens with zero attached hydrogens (tertiary/aromatic N) is 1. The molecule has 0 fully saturated rings. The molecule has 0 spiro atoms. The SMILES string of the molecule is CCN(CC)C(=O)c1ccc2ccc3ccccc3c2c1. The Balaban J connectivity index is 2.18. The van der Waals surface area contributed by atoms with Gasteiger partial charge in [-0.3, -0.25) is 4.79 Å². The molecule has 0 atom stereocenters. The van der Waals surface area contributed by atoms with Gasteiger partial charge in [0.15, 0.2) is 0 Å². The van der Waals surface area contributed by atoms with E-state index in [2.05, 4.69) is 24.3 Å². The number of amides is 1. The summed E-state index contributed by atoms with van der Waals surface area (Å²) < 4.78 is 0. The molecule has 0 N–H and O–H groups in total. The standard InChI is InChI=1S/C19H19NO/c1-3-20(4-2)19(21)16-12-11-15-10-9-14-7-5-6-8-17(14)18(15)13-16/h5-13H,3-4H2,1-2H3. The Morgan fingerprint density at radius 2 is 1.48 bits per heavy atom.